The van der Waals surface area contributed by atoms with Crippen LogP contribution in [0.25, 0.3) is 9.65 Å². The molecule has 1 aliphatic rings. The second kappa shape index (κ2) is 4.85. The molecule has 1 saturated carbocycles. The van der Waals surface area contributed by atoms with Crippen LogP contribution in [0.1, 0.15) is 18.4 Å². The number of benzene rings is 1. The van der Waals surface area contributed by atoms with Crippen molar-refractivity contribution in [3.63, 3.8) is 0 Å². The quantitative estimate of drug-likeness (QED) is 0.854. The Morgan fingerprint density at radius 1 is 1.41 bits per heavy atom. The Morgan fingerprint density at radius 2 is 2.29 bits per heavy atom. The summed E-state index contributed by atoms with van der Waals surface area (Å²) < 4.78 is 6.80. The topological polar surface area (TPSA) is 21.3 Å². The first kappa shape index (κ1) is 11.3. The maximum absolute atomic E-state index is 5.30. The van der Waals surface area contributed by atoms with Crippen molar-refractivity contribution < 1.29 is 4.74 Å². The molecule has 90 valence electrons. The molecule has 3 heteroatoms. The zero-order valence-electron chi connectivity index (χ0n) is 10.0. The van der Waals surface area contributed by atoms with Crippen molar-refractivity contribution in [1.29, 1.82) is 0 Å². The third-order valence-electron chi connectivity index (χ3n) is 3.27. The first-order chi connectivity index (χ1) is 8.36. The zero-order chi connectivity index (χ0) is 11.7. The molecule has 0 amide bonds. The van der Waals surface area contributed by atoms with Crippen LogP contribution in [0.15, 0.2) is 23.1 Å². The molecule has 0 spiro atoms. The predicted octanol–water partition coefficient (Wildman–Crippen LogP) is 2.20. The van der Waals surface area contributed by atoms with Gasteiger partial charge in [0.25, 0.3) is 0 Å². The van der Waals surface area contributed by atoms with Gasteiger partial charge in [0.05, 0.1) is 0 Å². The van der Waals surface area contributed by atoms with Crippen LogP contribution < -0.4 is 10.1 Å². The fraction of sp³-hybridized carbons (Fsp3) is 0.429. The first-order valence-electron chi connectivity index (χ1n) is 6.14. The average Bonchev–Trinajstić information content (AvgIpc) is 3.10. The van der Waals surface area contributed by atoms with Gasteiger partial charge in [-0.05, 0) is 0 Å². The molecular formula is C14H17NOSe. The van der Waals surface area contributed by atoms with E-state index in [1.807, 2.05) is 0 Å². The SMILES string of the molecule is COc1ccc2[se]cc(CCNC3CC3)c2c1. The van der Waals surface area contributed by atoms with Gasteiger partial charge in [-0.25, -0.2) is 0 Å². The van der Waals surface area contributed by atoms with Crippen molar-refractivity contribution >= 4 is 24.1 Å². The van der Waals surface area contributed by atoms with Crippen molar-refractivity contribution in [3.8, 4) is 5.75 Å². The number of ether oxygens (including phenoxy) is 1. The fourth-order valence-electron chi connectivity index (χ4n) is 2.08. The minimum absolute atomic E-state index is 0.524. The summed E-state index contributed by atoms with van der Waals surface area (Å²) in [6.07, 6.45) is 3.89. The molecule has 1 fully saturated rings. The number of hydrogen-bond donors (Lipinski definition) is 1. The number of fused-ring (bicyclic) bond motifs is 1. The minimum atomic E-state index is 0.524. The molecule has 0 radical (unpaired) electrons. The van der Waals surface area contributed by atoms with Crippen LogP contribution in [-0.2, 0) is 6.42 Å². The summed E-state index contributed by atoms with van der Waals surface area (Å²) in [5.41, 5.74) is 1.51. The van der Waals surface area contributed by atoms with Crippen LogP contribution in [0.2, 0.25) is 0 Å². The molecule has 2 nitrogen and oxygen atoms in total. The van der Waals surface area contributed by atoms with Crippen molar-refractivity contribution in [2.45, 2.75) is 25.3 Å². The van der Waals surface area contributed by atoms with Crippen LogP contribution >= 0.6 is 0 Å². The second-order valence-corrected chi connectivity index (χ2v) is 6.51. The van der Waals surface area contributed by atoms with Crippen LogP contribution in [0, 0.1) is 0 Å². The number of rotatable bonds is 5. The van der Waals surface area contributed by atoms with Crippen molar-refractivity contribution in [2.24, 2.45) is 0 Å². The summed E-state index contributed by atoms with van der Waals surface area (Å²) >= 11 is 0.524. The summed E-state index contributed by atoms with van der Waals surface area (Å²) in [7, 11) is 1.74. The Balaban J connectivity index is 1.77. The Morgan fingerprint density at radius 3 is 3.06 bits per heavy atom. The third kappa shape index (κ3) is 2.57. The van der Waals surface area contributed by atoms with Crippen LogP contribution in [0.5, 0.6) is 5.75 Å². The first-order valence-corrected chi connectivity index (χ1v) is 7.99. The second-order valence-electron chi connectivity index (χ2n) is 4.60. The molecule has 0 atom stereocenters. The Labute approximate surface area is 108 Å². The van der Waals surface area contributed by atoms with Gasteiger partial charge in [-0.15, -0.1) is 0 Å². The van der Waals surface area contributed by atoms with E-state index in [2.05, 4.69) is 28.5 Å². The van der Waals surface area contributed by atoms with Gasteiger partial charge >= 0.3 is 108 Å². The van der Waals surface area contributed by atoms with Crippen LogP contribution in [-0.4, -0.2) is 34.2 Å². The maximum atomic E-state index is 5.30. The molecule has 0 bridgehead atoms. The monoisotopic (exact) mass is 295 g/mol. The van der Waals surface area contributed by atoms with E-state index in [9.17, 15) is 0 Å². The molecule has 0 aliphatic heterocycles. The summed E-state index contributed by atoms with van der Waals surface area (Å²) in [6, 6.07) is 7.28. The molecule has 0 unspecified atom stereocenters. The van der Waals surface area contributed by atoms with Crippen molar-refractivity contribution in [3.05, 3.63) is 28.7 Å². The Kier molecular flexibility index (Phi) is 3.23. The van der Waals surface area contributed by atoms with E-state index in [4.69, 9.17) is 4.74 Å². The summed E-state index contributed by atoms with van der Waals surface area (Å²) in [5.74, 6) is 0.975. The third-order valence-corrected chi connectivity index (χ3v) is 5.39. The van der Waals surface area contributed by atoms with Crippen molar-refractivity contribution in [1.82, 2.24) is 5.32 Å². The molecule has 1 aliphatic carbocycles. The average molecular weight is 294 g/mol. The van der Waals surface area contributed by atoms with E-state index in [1.165, 1.54) is 28.1 Å². The molecule has 1 N–H and O–H groups in total. The predicted molar refractivity (Wildman–Crippen MR) is 72.2 cm³/mol. The van der Waals surface area contributed by atoms with Gasteiger partial charge in [0.1, 0.15) is 0 Å². The number of nitrogens with one attached hydrogen (secondary N) is 1. The van der Waals surface area contributed by atoms with E-state index in [0.717, 1.165) is 24.8 Å². The number of hydrogen-bond acceptors (Lipinski definition) is 2. The normalized spacial score (nSPS) is 15.4. The molecule has 3 rings (SSSR count). The van der Waals surface area contributed by atoms with Crippen LogP contribution in [0.4, 0.5) is 0 Å². The standard InChI is InChI=1S/C14H17NOSe/c1-16-12-4-5-14-13(8-12)10(9-17-14)6-7-15-11-2-3-11/h4-5,8-9,11,15H,2-3,6-7H2,1H3. The fourth-order valence-corrected chi connectivity index (χ4v) is 4.13. The van der Waals surface area contributed by atoms with E-state index in [0.29, 0.717) is 14.5 Å². The van der Waals surface area contributed by atoms with Gasteiger partial charge in [0.2, 0.25) is 0 Å². The van der Waals surface area contributed by atoms with Crippen molar-refractivity contribution in [2.75, 3.05) is 13.7 Å². The molecule has 2 aromatic rings. The summed E-state index contributed by atoms with van der Waals surface area (Å²) in [5, 5.41) is 5.00. The van der Waals surface area contributed by atoms with Gasteiger partial charge in [-0.3, -0.25) is 0 Å². The molecule has 1 aromatic carbocycles. The van der Waals surface area contributed by atoms with Gasteiger partial charge in [-0.2, -0.15) is 0 Å². The van der Waals surface area contributed by atoms with E-state index in [-0.39, 0.29) is 0 Å². The zero-order valence-corrected chi connectivity index (χ0v) is 11.7. The van der Waals surface area contributed by atoms with E-state index >= 15 is 0 Å². The van der Waals surface area contributed by atoms with Gasteiger partial charge in [0, 0.05) is 0 Å². The Bertz CT molecular complexity index is 516. The van der Waals surface area contributed by atoms with Gasteiger partial charge in [0.15, 0.2) is 0 Å². The van der Waals surface area contributed by atoms with Gasteiger partial charge in [-0.1, -0.05) is 0 Å². The molecule has 0 saturated heterocycles. The molecule has 1 aromatic heterocycles. The van der Waals surface area contributed by atoms with Crippen LogP contribution in [0.3, 0.4) is 0 Å². The Hall–Kier alpha value is -0.761. The number of methoxy groups -OCH3 is 1. The van der Waals surface area contributed by atoms with E-state index in [1.54, 1.807) is 7.11 Å². The molecule has 17 heavy (non-hydrogen) atoms. The summed E-state index contributed by atoms with van der Waals surface area (Å²) in [6.45, 7) is 1.11. The van der Waals surface area contributed by atoms with Gasteiger partial charge < -0.3 is 0 Å². The summed E-state index contributed by atoms with van der Waals surface area (Å²) in [4.78, 5) is 2.42. The molecular weight excluding hydrogens is 277 g/mol. The molecule has 1 heterocycles. The van der Waals surface area contributed by atoms with E-state index < -0.39 is 0 Å².